The fraction of sp³-hybridized carbons (Fsp3) is 0.389. The Hall–Kier alpha value is -2.83. The van der Waals surface area contributed by atoms with Crippen LogP contribution in [-0.2, 0) is 13.0 Å². The van der Waals surface area contributed by atoms with Gasteiger partial charge in [-0.15, -0.1) is 10.2 Å². The first-order valence-electron chi connectivity index (χ1n) is 8.62. The summed E-state index contributed by atoms with van der Waals surface area (Å²) in [7, 11) is 0. The zero-order valence-corrected chi connectivity index (χ0v) is 14.6. The minimum absolute atomic E-state index is 0.338. The number of aliphatic imine (C=N–C) groups is 1. The number of aromatic nitrogens is 3. The molecule has 0 aromatic carbocycles. The summed E-state index contributed by atoms with van der Waals surface area (Å²) in [5, 5.41) is 15.1. The maximum absolute atomic E-state index is 5.36. The van der Waals surface area contributed by atoms with Crippen molar-refractivity contribution in [1.29, 1.82) is 0 Å². The fourth-order valence-corrected chi connectivity index (χ4v) is 2.40. The molecule has 3 aromatic rings. The predicted octanol–water partition coefficient (Wildman–Crippen LogP) is 2.40. The molecule has 0 radical (unpaired) electrons. The van der Waals surface area contributed by atoms with Crippen LogP contribution in [0.2, 0.25) is 0 Å². The molecule has 25 heavy (non-hydrogen) atoms. The van der Waals surface area contributed by atoms with Crippen LogP contribution in [0.1, 0.15) is 31.9 Å². The molecule has 3 aromatic heterocycles. The molecule has 3 rings (SSSR count). The molecule has 0 aliphatic rings. The van der Waals surface area contributed by atoms with E-state index in [9.17, 15) is 0 Å². The second kappa shape index (κ2) is 8.32. The Kier molecular flexibility index (Phi) is 5.66. The van der Waals surface area contributed by atoms with Crippen molar-refractivity contribution >= 4 is 11.6 Å². The smallest absolute Gasteiger partial charge is 0.191 e. The topological polar surface area (TPSA) is 79.8 Å². The highest BCUT2D eigenvalue weighted by Crippen LogP contribution is 2.04. The Labute approximate surface area is 147 Å². The first kappa shape index (κ1) is 17.0. The van der Waals surface area contributed by atoms with Crippen molar-refractivity contribution in [3.8, 4) is 0 Å². The summed E-state index contributed by atoms with van der Waals surface area (Å²) in [5.74, 6) is 2.54. The average molecular weight is 340 g/mol. The van der Waals surface area contributed by atoms with Crippen molar-refractivity contribution in [3.63, 3.8) is 0 Å². The zero-order chi connectivity index (χ0) is 17.5. The van der Waals surface area contributed by atoms with E-state index in [-0.39, 0.29) is 0 Å². The van der Waals surface area contributed by atoms with Gasteiger partial charge in [-0.25, -0.2) is 4.99 Å². The number of rotatable bonds is 7. The molecule has 0 amide bonds. The number of hydrogen-bond donors (Lipinski definition) is 2. The molecule has 0 aliphatic heterocycles. The van der Waals surface area contributed by atoms with E-state index < -0.39 is 0 Å². The first-order valence-corrected chi connectivity index (χ1v) is 8.62. The highest BCUT2D eigenvalue weighted by molar-refractivity contribution is 5.80. The van der Waals surface area contributed by atoms with Gasteiger partial charge in [-0.2, -0.15) is 0 Å². The molecule has 2 N–H and O–H groups in total. The Morgan fingerprint density at radius 1 is 1.28 bits per heavy atom. The fourth-order valence-electron chi connectivity index (χ4n) is 2.40. The lowest BCUT2D eigenvalue weighted by Gasteiger charge is -2.16. The maximum Gasteiger partial charge on any atom is 0.191 e. The number of fused-ring (bicyclic) bond motifs is 1. The summed E-state index contributed by atoms with van der Waals surface area (Å²) in [4.78, 5) is 4.66. The molecule has 0 saturated carbocycles. The third-order valence-electron chi connectivity index (χ3n) is 4.00. The van der Waals surface area contributed by atoms with Gasteiger partial charge in [-0.1, -0.05) is 13.0 Å². The Morgan fingerprint density at radius 2 is 2.20 bits per heavy atom. The van der Waals surface area contributed by atoms with E-state index in [0.29, 0.717) is 12.6 Å². The summed E-state index contributed by atoms with van der Waals surface area (Å²) in [6, 6.07) is 10.1. The van der Waals surface area contributed by atoms with Crippen molar-refractivity contribution in [2.45, 2.75) is 39.3 Å². The molecule has 3 heterocycles. The van der Waals surface area contributed by atoms with Crippen LogP contribution in [0.3, 0.4) is 0 Å². The molecule has 1 unspecified atom stereocenters. The maximum atomic E-state index is 5.36. The van der Waals surface area contributed by atoms with Crippen LogP contribution >= 0.6 is 0 Å². The monoisotopic (exact) mass is 340 g/mol. The molecule has 0 spiro atoms. The number of guanidine groups is 1. The van der Waals surface area contributed by atoms with Gasteiger partial charge < -0.3 is 15.1 Å². The Bertz CT molecular complexity index is 808. The number of nitrogens with zero attached hydrogens (tertiary/aromatic N) is 4. The van der Waals surface area contributed by atoms with Gasteiger partial charge in [0.05, 0.1) is 6.26 Å². The van der Waals surface area contributed by atoms with Gasteiger partial charge in [0.15, 0.2) is 17.4 Å². The predicted molar refractivity (Wildman–Crippen MR) is 97.4 cm³/mol. The van der Waals surface area contributed by atoms with E-state index in [0.717, 1.165) is 42.6 Å². The molecule has 7 heteroatoms. The highest BCUT2D eigenvalue weighted by atomic mass is 16.3. The summed E-state index contributed by atoms with van der Waals surface area (Å²) in [6.45, 7) is 5.48. The van der Waals surface area contributed by atoms with Gasteiger partial charge in [0.2, 0.25) is 0 Å². The van der Waals surface area contributed by atoms with Crippen LogP contribution in [0.4, 0.5) is 0 Å². The molecule has 132 valence electrons. The van der Waals surface area contributed by atoms with E-state index in [4.69, 9.17) is 4.42 Å². The number of hydrogen-bond acceptors (Lipinski definition) is 4. The van der Waals surface area contributed by atoms with Crippen molar-refractivity contribution in [2.75, 3.05) is 6.54 Å². The third kappa shape index (κ3) is 4.59. The molecule has 0 aliphatic carbocycles. The number of nitrogens with one attached hydrogen (secondary N) is 2. The lowest BCUT2D eigenvalue weighted by Crippen LogP contribution is -2.42. The molecular formula is C18H24N6O. The Balaban J connectivity index is 1.65. The standard InChI is InChI=1S/C18H24N6O/c1-3-14(2)21-18(19-10-9-15-7-6-12-25-15)20-13-17-23-22-16-8-4-5-11-24(16)17/h4-8,11-12,14H,3,9-10,13H2,1-2H3,(H2,19,20,21). The molecule has 1 atom stereocenters. The van der Waals surface area contributed by atoms with Gasteiger partial charge >= 0.3 is 0 Å². The molecule has 7 nitrogen and oxygen atoms in total. The normalized spacial score (nSPS) is 13.1. The minimum Gasteiger partial charge on any atom is -0.469 e. The van der Waals surface area contributed by atoms with Crippen LogP contribution in [0, 0.1) is 0 Å². The molecule has 0 saturated heterocycles. The molecule has 0 bridgehead atoms. The van der Waals surface area contributed by atoms with Crippen LogP contribution in [-0.4, -0.2) is 33.1 Å². The van der Waals surface area contributed by atoms with E-state index in [1.165, 1.54) is 0 Å². The zero-order valence-electron chi connectivity index (χ0n) is 14.6. The third-order valence-corrected chi connectivity index (χ3v) is 4.00. The first-order chi connectivity index (χ1) is 12.3. The van der Waals surface area contributed by atoms with Crippen molar-refractivity contribution < 1.29 is 4.42 Å². The lowest BCUT2D eigenvalue weighted by atomic mass is 10.3. The van der Waals surface area contributed by atoms with Gasteiger partial charge in [-0.05, 0) is 37.6 Å². The van der Waals surface area contributed by atoms with Gasteiger partial charge in [-0.3, -0.25) is 4.40 Å². The van der Waals surface area contributed by atoms with Crippen LogP contribution in [0.25, 0.3) is 5.65 Å². The molecule has 0 fully saturated rings. The van der Waals surface area contributed by atoms with Crippen LogP contribution in [0.15, 0.2) is 52.2 Å². The van der Waals surface area contributed by atoms with Gasteiger partial charge in [0.25, 0.3) is 0 Å². The van der Waals surface area contributed by atoms with Gasteiger partial charge in [0, 0.05) is 25.2 Å². The van der Waals surface area contributed by atoms with E-state index in [2.05, 4.69) is 39.7 Å². The van der Waals surface area contributed by atoms with Gasteiger partial charge in [0.1, 0.15) is 12.3 Å². The number of pyridine rings is 1. The van der Waals surface area contributed by atoms with E-state index >= 15 is 0 Å². The quantitative estimate of drug-likeness (QED) is 0.510. The number of furan rings is 1. The SMILES string of the molecule is CCC(C)NC(=NCc1nnc2ccccn12)NCCc1ccco1. The van der Waals surface area contributed by atoms with Crippen LogP contribution in [0.5, 0.6) is 0 Å². The largest absolute Gasteiger partial charge is 0.469 e. The van der Waals surface area contributed by atoms with Crippen molar-refractivity contribution in [2.24, 2.45) is 4.99 Å². The summed E-state index contributed by atoms with van der Waals surface area (Å²) in [5.41, 5.74) is 0.829. The lowest BCUT2D eigenvalue weighted by molar-refractivity contribution is 0.506. The Morgan fingerprint density at radius 3 is 3.00 bits per heavy atom. The van der Waals surface area contributed by atoms with Crippen LogP contribution < -0.4 is 10.6 Å². The second-order valence-corrected chi connectivity index (χ2v) is 5.92. The van der Waals surface area contributed by atoms with E-state index in [1.807, 2.05) is 40.9 Å². The summed E-state index contributed by atoms with van der Waals surface area (Å²) >= 11 is 0. The van der Waals surface area contributed by atoms with Crippen molar-refractivity contribution in [1.82, 2.24) is 25.2 Å². The second-order valence-electron chi connectivity index (χ2n) is 5.92. The van der Waals surface area contributed by atoms with Crippen molar-refractivity contribution in [3.05, 3.63) is 54.4 Å². The molecular weight excluding hydrogens is 316 g/mol. The minimum atomic E-state index is 0.338. The average Bonchev–Trinajstić information content (AvgIpc) is 3.29. The highest BCUT2D eigenvalue weighted by Gasteiger charge is 2.07. The van der Waals surface area contributed by atoms with E-state index in [1.54, 1.807) is 6.26 Å². The summed E-state index contributed by atoms with van der Waals surface area (Å²) in [6.07, 6.45) is 5.47. The summed E-state index contributed by atoms with van der Waals surface area (Å²) < 4.78 is 7.31.